The van der Waals surface area contributed by atoms with Crippen LogP contribution in [0.1, 0.15) is 35.0 Å². The molecule has 1 amide bonds. The molecule has 2 N–H and O–H groups in total. The zero-order chi connectivity index (χ0) is 22.3. The van der Waals surface area contributed by atoms with E-state index in [0.717, 1.165) is 18.9 Å². The maximum absolute atomic E-state index is 13.8. The summed E-state index contributed by atoms with van der Waals surface area (Å²) < 4.78 is 47.1. The molecule has 0 radical (unpaired) electrons. The molecule has 0 bridgehead atoms. The van der Waals surface area contributed by atoms with Gasteiger partial charge in [0.25, 0.3) is 15.9 Å². The van der Waals surface area contributed by atoms with Gasteiger partial charge in [-0.05, 0) is 61.4 Å². The van der Waals surface area contributed by atoms with E-state index in [9.17, 15) is 17.6 Å². The number of hydrogen-bond acceptors (Lipinski definition) is 5. The van der Waals surface area contributed by atoms with Crippen molar-refractivity contribution >= 4 is 38.4 Å². The number of aromatic nitrogens is 1. The van der Waals surface area contributed by atoms with Gasteiger partial charge in [0.1, 0.15) is 11.3 Å². The Morgan fingerprint density at radius 2 is 1.84 bits per heavy atom. The smallest absolute Gasteiger partial charge is 0.262 e. The Kier molecular flexibility index (Phi) is 4.90. The SMILES string of the molecule is O=C(Nc1ccc2oc(C3CC3)nc2c1)c1cccc(S(=O)(=O)Nc2ccccc2F)c1. The fraction of sp³-hybridized carbons (Fsp3) is 0.130. The first-order chi connectivity index (χ1) is 15.4. The largest absolute Gasteiger partial charge is 0.440 e. The Labute approximate surface area is 183 Å². The van der Waals surface area contributed by atoms with E-state index in [0.29, 0.717) is 28.6 Å². The average Bonchev–Trinajstić information content (AvgIpc) is 3.54. The molecule has 1 aromatic heterocycles. The van der Waals surface area contributed by atoms with Gasteiger partial charge in [0.05, 0.1) is 10.6 Å². The quantitative estimate of drug-likeness (QED) is 0.434. The molecule has 162 valence electrons. The zero-order valence-electron chi connectivity index (χ0n) is 16.7. The van der Waals surface area contributed by atoms with Crippen molar-refractivity contribution in [2.24, 2.45) is 0 Å². The van der Waals surface area contributed by atoms with E-state index >= 15 is 0 Å². The van der Waals surface area contributed by atoms with Crippen molar-refractivity contribution in [3.8, 4) is 0 Å². The summed E-state index contributed by atoms with van der Waals surface area (Å²) >= 11 is 0. The Morgan fingerprint density at radius 3 is 2.62 bits per heavy atom. The number of fused-ring (bicyclic) bond motifs is 1. The number of halogens is 1. The van der Waals surface area contributed by atoms with Gasteiger partial charge in [-0.15, -0.1) is 0 Å². The fourth-order valence-electron chi connectivity index (χ4n) is 3.28. The lowest BCUT2D eigenvalue weighted by molar-refractivity contribution is 0.102. The van der Waals surface area contributed by atoms with Crippen LogP contribution in [0.15, 0.2) is 76.0 Å². The monoisotopic (exact) mass is 451 g/mol. The van der Waals surface area contributed by atoms with Crippen LogP contribution in [0.3, 0.4) is 0 Å². The van der Waals surface area contributed by atoms with E-state index in [1.54, 1.807) is 18.2 Å². The van der Waals surface area contributed by atoms with Crippen molar-refractivity contribution in [1.29, 1.82) is 0 Å². The van der Waals surface area contributed by atoms with Crippen molar-refractivity contribution in [2.45, 2.75) is 23.7 Å². The second-order valence-electron chi connectivity index (χ2n) is 7.58. The maximum atomic E-state index is 13.8. The summed E-state index contributed by atoms with van der Waals surface area (Å²) in [5.74, 6) is -0.0943. The molecule has 7 nitrogen and oxygen atoms in total. The number of benzene rings is 3. The molecule has 1 aliphatic carbocycles. The number of nitrogens with one attached hydrogen (secondary N) is 2. The number of sulfonamides is 1. The summed E-state index contributed by atoms with van der Waals surface area (Å²) in [6, 6.07) is 16.1. The van der Waals surface area contributed by atoms with Gasteiger partial charge in [0.2, 0.25) is 0 Å². The van der Waals surface area contributed by atoms with E-state index in [4.69, 9.17) is 4.42 Å². The summed E-state index contributed by atoms with van der Waals surface area (Å²) in [5.41, 5.74) is 1.78. The number of carbonyl (C=O) groups is 1. The van der Waals surface area contributed by atoms with Crippen LogP contribution in [-0.2, 0) is 10.0 Å². The van der Waals surface area contributed by atoms with Crippen LogP contribution in [-0.4, -0.2) is 19.3 Å². The number of anilines is 2. The van der Waals surface area contributed by atoms with Gasteiger partial charge in [-0.3, -0.25) is 9.52 Å². The van der Waals surface area contributed by atoms with Crippen molar-refractivity contribution in [2.75, 3.05) is 10.0 Å². The van der Waals surface area contributed by atoms with Gasteiger partial charge < -0.3 is 9.73 Å². The molecule has 1 saturated carbocycles. The molecule has 0 aliphatic heterocycles. The molecular weight excluding hydrogens is 433 g/mol. The highest BCUT2D eigenvalue weighted by Crippen LogP contribution is 2.40. The van der Waals surface area contributed by atoms with Crippen molar-refractivity contribution in [3.63, 3.8) is 0 Å². The molecule has 32 heavy (non-hydrogen) atoms. The number of carbonyl (C=O) groups excluding carboxylic acids is 1. The predicted molar refractivity (Wildman–Crippen MR) is 118 cm³/mol. The van der Waals surface area contributed by atoms with Crippen LogP contribution >= 0.6 is 0 Å². The minimum Gasteiger partial charge on any atom is -0.440 e. The first kappa shape index (κ1) is 20.2. The van der Waals surface area contributed by atoms with Gasteiger partial charge >= 0.3 is 0 Å². The van der Waals surface area contributed by atoms with E-state index < -0.39 is 21.7 Å². The van der Waals surface area contributed by atoms with E-state index in [2.05, 4.69) is 15.0 Å². The average molecular weight is 451 g/mol. The third kappa shape index (κ3) is 4.06. The molecule has 0 saturated heterocycles. The highest BCUT2D eigenvalue weighted by atomic mass is 32.2. The van der Waals surface area contributed by atoms with E-state index in [1.807, 2.05) is 0 Å². The minimum absolute atomic E-state index is 0.139. The summed E-state index contributed by atoms with van der Waals surface area (Å²) in [7, 11) is -4.09. The molecular formula is C23H18FN3O4S. The van der Waals surface area contributed by atoms with Gasteiger partial charge in [0, 0.05) is 17.2 Å². The molecule has 0 spiro atoms. The molecule has 5 rings (SSSR count). The Balaban J connectivity index is 1.36. The number of rotatable bonds is 6. The van der Waals surface area contributed by atoms with Crippen molar-refractivity contribution < 1.29 is 22.0 Å². The molecule has 3 aromatic carbocycles. The molecule has 0 atom stereocenters. The topological polar surface area (TPSA) is 101 Å². The van der Waals surface area contributed by atoms with Crippen LogP contribution in [0, 0.1) is 5.82 Å². The third-order valence-electron chi connectivity index (χ3n) is 5.11. The number of para-hydroxylation sites is 1. The Bertz CT molecular complexity index is 1440. The van der Waals surface area contributed by atoms with Crippen molar-refractivity contribution in [3.05, 3.63) is 84.0 Å². The van der Waals surface area contributed by atoms with E-state index in [1.165, 1.54) is 42.5 Å². The highest BCUT2D eigenvalue weighted by molar-refractivity contribution is 7.92. The third-order valence-corrected chi connectivity index (χ3v) is 6.48. The number of nitrogens with zero attached hydrogens (tertiary/aromatic N) is 1. The normalized spacial score (nSPS) is 13.8. The molecule has 1 heterocycles. The Morgan fingerprint density at radius 1 is 1.03 bits per heavy atom. The zero-order valence-corrected chi connectivity index (χ0v) is 17.5. The molecule has 0 unspecified atom stereocenters. The molecule has 4 aromatic rings. The van der Waals surface area contributed by atoms with Gasteiger partial charge in [-0.2, -0.15) is 0 Å². The summed E-state index contributed by atoms with van der Waals surface area (Å²) in [5, 5.41) is 2.75. The first-order valence-corrected chi connectivity index (χ1v) is 11.5. The second-order valence-corrected chi connectivity index (χ2v) is 9.26. The lowest BCUT2D eigenvalue weighted by Gasteiger charge is -2.10. The summed E-state index contributed by atoms with van der Waals surface area (Å²) in [4.78, 5) is 17.0. The van der Waals surface area contributed by atoms with Crippen molar-refractivity contribution in [1.82, 2.24) is 4.98 Å². The number of hydrogen-bond donors (Lipinski definition) is 2. The predicted octanol–water partition coefficient (Wildman–Crippen LogP) is 4.90. The minimum atomic E-state index is -4.09. The second kappa shape index (κ2) is 7.76. The van der Waals surface area contributed by atoms with Crippen LogP contribution in [0.2, 0.25) is 0 Å². The van der Waals surface area contributed by atoms with Crippen LogP contribution in [0.4, 0.5) is 15.8 Å². The maximum Gasteiger partial charge on any atom is 0.262 e. The Hall–Kier alpha value is -3.72. The van der Waals surface area contributed by atoms with Gasteiger partial charge in [-0.25, -0.2) is 17.8 Å². The molecule has 9 heteroatoms. The fourth-order valence-corrected chi connectivity index (χ4v) is 4.40. The first-order valence-electron chi connectivity index (χ1n) is 9.98. The lowest BCUT2D eigenvalue weighted by atomic mass is 10.2. The van der Waals surface area contributed by atoms with Crippen LogP contribution in [0.5, 0.6) is 0 Å². The standard InChI is InChI=1S/C23H18FN3O4S/c24-18-6-1-2-7-19(18)27-32(29,30)17-5-3-4-15(12-17)22(28)25-16-10-11-21-20(13-16)26-23(31-21)14-8-9-14/h1-7,10-14,27H,8-9H2,(H,25,28). The number of amides is 1. The van der Waals surface area contributed by atoms with Crippen LogP contribution < -0.4 is 10.0 Å². The number of oxazole rings is 1. The molecule has 1 aliphatic rings. The summed E-state index contributed by atoms with van der Waals surface area (Å²) in [6.45, 7) is 0. The van der Waals surface area contributed by atoms with Gasteiger partial charge in [0.15, 0.2) is 11.5 Å². The summed E-state index contributed by atoms with van der Waals surface area (Å²) in [6.07, 6.45) is 2.14. The van der Waals surface area contributed by atoms with Gasteiger partial charge in [-0.1, -0.05) is 18.2 Å². The lowest BCUT2D eigenvalue weighted by Crippen LogP contribution is -2.16. The van der Waals surface area contributed by atoms with Crippen LogP contribution in [0.25, 0.3) is 11.1 Å². The molecule has 1 fully saturated rings. The van der Waals surface area contributed by atoms with E-state index in [-0.39, 0.29) is 16.1 Å². The highest BCUT2D eigenvalue weighted by Gasteiger charge is 2.29.